The number of aliphatic hydroxyl groups is 1. The predicted molar refractivity (Wildman–Crippen MR) is 111 cm³/mol. The average Bonchev–Trinajstić information content (AvgIpc) is 3.03. The first-order chi connectivity index (χ1) is 14.7. The Bertz CT molecular complexity index is 929. The van der Waals surface area contributed by atoms with Crippen LogP contribution in [0.3, 0.4) is 0 Å². The topological polar surface area (TPSA) is 139 Å². The number of non-ortho nitro benzene ring substituents is 1. The molecular weight excluding hydrogens is 426 g/mol. The van der Waals surface area contributed by atoms with Crippen molar-refractivity contribution in [2.24, 2.45) is 5.92 Å². The van der Waals surface area contributed by atoms with Gasteiger partial charge in [-0.15, -0.1) is 11.8 Å². The number of nitro groups is 1. The van der Waals surface area contributed by atoms with Gasteiger partial charge >= 0.3 is 5.97 Å². The van der Waals surface area contributed by atoms with Crippen molar-refractivity contribution in [3.05, 3.63) is 50.5 Å². The fourth-order valence-corrected chi connectivity index (χ4v) is 4.74. The number of thioether (sulfide) groups is 1. The highest BCUT2D eigenvalue weighted by Crippen LogP contribution is 2.47. The van der Waals surface area contributed by atoms with E-state index < -0.39 is 22.9 Å². The second kappa shape index (κ2) is 9.48. The number of amides is 2. The summed E-state index contributed by atoms with van der Waals surface area (Å²) < 4.78 is 5.38. The molecular formula is C20H23N3O7S. The molecule has 1 aromatic carbocycles. The van der Waals surface area contributed by atoms with E-state index in [-0.39, 0.29) is 35.8 Å². The number of fused-ring (bicyclic) bond motifs is 1. The minimum Gasteiger partial charge on any atom is -0.456 e. The lowest BCUT2D eigenvalue weighted by Crippen LogP contribution is -2.61. The van der Waals surface area contributed by atoms with E-state index in [0.717, 1.165) is 0 Å². The SMILES string of the molecule is CC(=O)NCCSC1=C(C(=O)OCc2ccc([N+](=O)[O-])cc2)N2C(=O)C(C(C)O)C2C1. The van der Waals surface area contributed by atoms with Crippen LogP contribution < -0.4 is 5.32 Å². The van der Waals surface area contributed by atoms with Gasteiger partial charge in [-0.1, -0.05) is 0 Å². The quantitative estimate of drug-likeness (QED) is 0.189. The summed E-state index contributed by atoms with van der Waals surface area (Å²) in [6.07, 6.45) is -0.386. The Morgan fingerprint density at radius 2 is 2.06 bits per heavy atom. The number of rotatable bonds is 9. The van der Waals surface area contributed by atoms with E-state index in [4.69, 9.17) is 4.74 Å². The molecule has 3 unspecified atom stereocenters. The van der Waals surface area contributed by atoms with Crippen LogP contribution in [-0.4, -0.2) is 57.2 Å². The number of esters is 1. The van der Waals surface area contributed by atoms with Gasteiger partial charge in [-0.25, -0.2) is 4.79 Å². The van der Waals surface area contributed by atoms with Crippen LogP contribution in [0.25, 0.3) is 0 Å². The molecule has 3 rings (SSSR count). The molecule has 0 saturated carbocycles. The zero-order chi connectivity index (χ0) is 22.7. The van der Waals surface area contributed by atoms with Crippen LogP contribution in [0.5, 0.6) is 0 Å². The molecule has 166 valence electrons. The minimum absolute atomic E-state index is 0.0652. The smallest absolute Gasteiger partial charge is 0.356 e. The van der Waals surface area contributed by atoms with Crippen molar-refractivity contribution in [2.75, 3.05) is 12.3 Å². The third kappa shape index (κ3) is 4.88. The van der Waals surface area contributed by atoms with Crippen molar-refractivity contribution in [3.63, 3.8) is 0 Å². The molecule has 0 aliphatic carbocycles. The first-order valence-electron chi connectivity index (χ1n) is 9.72. The van der Waals surface area contributed by atoms with Crippen molar-refractivity contribution in [1.82, 2.24) is 10.2 Å². The van der Waals surface area contributed by atoms with E-state index in [1.54, 1.807) is 6.92 Å². The van der Waals surface area contributed by atoms with E-state index in [9.17, 15) is 29.6 Å². The fourth-order valence-electron chi connectivity index (χ4n) is 3.68. The lowest BCUT2D eigenvalue weighted by Gasteiger charge is -2.44. The number of ether oxygens (including phenoxy) is 1. The lowest BCUT2D eigenvalue weighted by molar-refractivity contribution is -0.384. The molecule has 1 fully saturated rings. The summed E-state index contributed by atoms with van der Waals surface area (Å²) in [5.41, 5.74) is 0.678. The van der Waals surface area contributed by atoms with Gasteiger partial charge in [-0.3, -0.25) is 19.7 Å². The maximum atomic E-state index is 12.8. The second-order valence-electron chi connectivity index (χ2n) is 7.35. The first-order valence-corrected chi connectivity index (χ1v) is 10.7. The van der Waals surface area contributed by atoms with Gasteiger partial charge in [0.1, 0.15) is 12.3 Å². The van der Waals surface area contributed by atoms with E-state index in [0.29, 0.717) is 29.2 Å². The summed E-state index contributed by atoms with van der Waals surface area (Å²) in [5, 5.41) is 23.3. The highest BCUT2D eigenvalue weighted by Gasteiger charge is 2.56. The number of benzene rings is 1. The number of carbonyl (C=O) groups is 3. The zero-order valence-corrected chi connectivity index (χ0v) is 17.9. The van der Waals surface area contributed by atoms with E-state index in [1.807, 2.05) is 0 Å². The number of carbonyl (C=O) groups excluding carboxylic acids is 3. The first kappa shape index (κ1) is 22.8. The normalized spacial score (nSPS) is 20.7. The molecule has 1 saturated heterocycles. The van der Waals surface area contributed by atoms with Gasteiger partial charge < -0.3 is 20.1 Å². The number of aliphatic hydroxyl groups excluding tert-OH is 1. The fraction of sp³-hybridized carbons (Fsp3) is 0.450. The third-order valence-electron chi connectivity index (χ3n) is 5.15. The summed E-state index contributed by atoms with van der Waals surface area (Å²) in [7, 11) is 0. The monoisotopic (exact) mass is 449 g/mol. The molecule has 2 N–H and O–H groups in total. The molecule has 0 bridgehead atoms. The van der Waals surface area contributed by atoms with Crippen molar-refractivity contribution in [2.45, 2.75) is 39.0 Å². The van der Waals surface area contributed by atoms with Crippen LogP contribution in [0.4, 0.5) is 5.69 Å². The van der Waals surface area contributed by atoms with Gasteiger partial charge in [0.05, 0.1) is 23.0 Å². The van der Waals surface area contributed by atoms with Crippen LogP contribution in [-0.2, 0) is 25.7 Å². The van der Waals surface area contributed by atoms with Crippen molar-refractivity contribution < 1.29 is 29.2 Å². The number of hydrogen-bond acceptors (Lipinski definition) is 8. The number of nitrogens with one attached hydrogen (secondary N) is 1. The summed E-state index contributed by atoms with van der Waals surface area (Å²) in [6, 6.07) is 5.35. The van der Waals surface area contributed by atoms with Gasteiger partial charge in [-0.2, -0.15) is 0 Å². The van der Waals surface area contributed by atoms with Crippen LogP contribution in [0, 0.1) is 16.0 Å². The Hall–Kier alpha value is -2.92. The maximum Gasteiger partial charge on any atom is 0.356 e. The van der Waals surface area contributed by atoms with Crippen molar-refractivity contribution in [3.8, 4) is 0 Å². The minimum atomic E-state index is -0.824. The molecule has 3 atom stereocenters. The van der Waals surface area contributed by atoms with Crippen molar-refractivity contribution in [1.29, 1.82) is 0 Å². The van der Waals surface area contributed by atoms with Gasteiger partial charge in [0.15, 0.2) is 0 Å². The molecule has 0 radical (unpaired) electrons. The van der Waals surface area contributed by atoms with Crippen LogP contribution >= 0.6 is 11.8 Å². The number of nitro benzene ring substituents is 1. The van der Waals surface area contributed by atoms with Gasteiger partial charge in [-0.05, 0) is 24.6 Å². The Morgan fingerprint density at radius 3 is 2.65 bits per heavy atom. The largest absolute Gasteiger partial charge is 0.456 e. The molecule has 2 heterocycles. The highest BCUT2D eigenvalue weighted by atomic mass is 32.2. The van der Waals surface area contributed by atoms with Gasteiger partial charge in [0.25, 0.3) is 5.69 Å². The van der Waals surface area contributed by atoms with Gasteiger partial charge in [0, 0.05) is 42.7 Å². The lowest BCUT2D eigenvalue weighted by atomic mass is 9.83. The van der Waals surface area contributed by atoms with Crippen LogP contribution in [0.15, 0.2) is 34.9 Å². The Labute approximate surface area is 182 Å². The molecule has 10 nitrogen and oxygen atoms in total. The standard InChI is InChI=1S/C20H23N3O7S/c1-11(24)17-15-9-16(31-8-7-21-12(2)25)18(22(15)19(17)26)20(27)30-10-13-3-5-14(6-4-13)23(28)29/h3-6,11,15,17,24H,7-10H2,1-2H3,(H,21,25). The molecule has 11 heteroatoms. The molecule has 0 spiro atoms. The number of hydrogen-bond donors (Lipinski definition) is 2. The Kier molecular flexibility index (Phi) is 6.96. The van der Waals surface area contributed by atoms with Crippen molar-refractivity contribution >= 4 is 35.2 Å². The molecule has 31 heavy (non-hydrogen) atoms. The number of nitrogens with zero attached hydrogens (tertiary/aromatic N) is 2. The van der Waals surface area contributed by atoms with E-state index in [2.05, 4.69) is 5.32 Å². The summed E-state index contributed by atoms with van der Waals surface area (Å²) in [6.45, 7) is 3.27. The molecule has 0 aromatic heterocycles. The van der Waals surface area contributed by atoms with Crippen LogP contribution in [0.2, 0.25) is 0 Å². The van der Waals surface area contributed by atoms with E-state index in [1.165, 1.54) is 47.9 Å². The maximum absolute atomic E-state index is 12.8. The third-order valence-corrected chi connectivity index (χ3v) is 6.27. The molecule has 2 aliphatic rings. The highest BCUT2D eigenvalue weighted by molar-refractivity contribution is 8.03. The van der Waals surface area contributed by atoms with Crippen LogP contribution in [0.1, 0.15) is 25.8 Å². The Balaban J connectivity index is 1.70. The molecule has 1 aromatic rings. The summed E-state index contributed by atoms with van der Waals surface area (Å²) >= 11 is 1.37. The second-order valence-corrected chi connectivity index (χ2v) is 8.54. The summed E-state index contributed by atoms with van der Waals surface area (Å²) in [4.78, 5) is 48.7. The van der Waals surface area contributed by atoms with E-state index >= 15 is 0 Å². The number of β-lactam (4-membered cyclic amide) rings is 1. The average molecular weight is 449 g/mol. The van der Waals surface area contributed by atoms with Gasteiger partial charge in [0.2, 0.25) is 11.8 Å². The molecule has 2 aliphatic heterocycles. The predicted octanol–water partition coefficient (Wildman–Crippen LogP) is 1.33. The zero-order valence-electron chi connectivity index (χ0n) is 17.1. The molecule has 2 amide bonds. The Morgan fingerprint density at radius 1 is 1.39 bits per heavy atom. The summed E-state index contributed by atoms with van der Waals surface area (Å²) in [5.74, 6) is -1.19.